The Morgan fingerprint density at radius 2 is 2.04 bits per heavy atom. The molecule has 0 unspecified atom stereocenters. The van der Waals surface area contributed by atoms with E-state index in [0.717, 1.165) is 0 Å². The number of hydrogen-bond donors (Lipinski definition) is 2. The normalized spacial score (nSPS) is 10.4. The van der Waals surface area contributed by atoms with E-state index in [1.165, 1.54) is 25.5 Å². The lowest BCUT2D eigenvalue weighted by molar-refractivity contribution is 0.0696. The number of H-pyrrole nitrogens is 1. The van der Waals surface area contributed by atoms with Crippen molar-refractivity contribution in [2.45, 2.75) is 0 Å². The van der Waals surface area contributed by atoms with Gasteiger partial charge >= 0.3 is 5.97 Å². The third-order valence-corrected chi connectivity index (χ3v) is 3.14. The maximum atomic E-state index is 11.9. The van der Waals surface area contributed by atoms with Crippen LogP contribution in [0.5, 0.6) is 11.5 Å². The fourth-order valence-electron chi connectivity index (χ4n) is 2.05. The maximum Gasteiger partial charge on any atom is 0.379 e. The summed E-state index contributed by atoms with van der Waals surface area (Å²) in [5.41, 5.74) is 6.03. The van der Waals surface area contributed by atoms with E-state index in [9.17, 15) is 9.59 Å². The molecule has 0 fully saturated rings. The number of primary amides is 1. The summed E-state index contributed by atoms with van der Waals surface area (Å²) in [6.45, 7) is 0. The van der Waals surface area contributed by atoms with E-state index < -0.39 is 11.9 Å². The van der Waals surface area contributed by atoms with E-state index in [4.69, 9.17) is 19.6 Å². The van der Waals surface area contributed by atoms with Gasteiger partial charge in [-0.05, 0) is 30.3 Å². The van der Waals surface area contributed by atoms with Gasteiger partial charge in [-0.15, -0.1) is 0 Å². The Morgan fingerprint density at radius 1 is 1.21 bits per heavy atom. The number of benzene rings is 1. The minimum atomic E-state index is -0.717. The molecule has 9 nitrogen and oxygen atoms in total. The quantitative estimate of drug-likeness (QED) is 0.534. The summed E-state index contributed by atoms with van der Waals surface area (Å²) in [5, 5.41) is 9.94. The molecule has 0 bridgehead atoms. The van der Waals surface area contributed by atoms with E-state index in [0.29, 0.717) is 5.56 Å². The van der Waals surface area contributed by atoms with Gasteiger partial charge in [-0.3, -0.25) is 4.79 Å². The molecular formula is C15H12N4O5. The molecule has 2 heterocycles. The average Bonchev–Trinajstić information content (AvgIpc) is 3.26. The molecule has 0 radical (unpaired) electrons. The van der Waals surface area contributed by atoms with Crippen LogP contribution in [0.2, 0.25) is 0 Å². The first kappa shape index (κ1) is 15.3. The van der Waals surface area contributed by atoms with Crippen molar-refractivity contribution in [3.05, 3.63) is 48.0 Å². The molecule has 9 heteroatoms. The molecule has 3 rings (SSSR count). The Bertz CT molecular complexity index is 885. The summed E-state index contributed by atoms with van der Waals surface area (Å²) in [6, 6.07) is 7.71. The van der Waals surface area contributed by atoms with Crippen LogP contribution in [0.1, 0.15) is 21.0 Å². The fraction of sp³-hybridized carbons (Fsp3) is 0.0667. The number of esters is 1. The van der Waals surface area contributed by atoms with Crippen LogP contribution < -0.4 is 15.2 Å². The number of rotatable bonds is 5. The lowest BCUT2D eigenvalue weighted by Gasteiger charge is -2.09. The van der Waals surface area contributed by atoms with Crippen LogP contribution in [-0.4, -0.2) is 34.4 Å². The van der Waals surface area contributed by atoms with Crippen LogP contribution in [0.25, 0.3) is 11.3 Å². The van der Waals surface area contributed by atoms with Crippen molar-refractivity contribution >= 4 is 11.9 Å². The highest BCUT2D eigenvalue weighted by molar-refractivity contribution is 5.96. The lowest BCUT2D eigenvalue weighted by atomic mass is 10.1. The summed E-state index contributed by atoms with van der Waals surface area (Å²) in [5.74, 6) is -0.859. The van der Waals surface area contributed by atoms with Gasteiger partial charge in [0.15, 0.2) is 17.2 Å². The number of ether oxygens (including phenoxy) is 2. The molecule has 0 saturated heterocycles. The van der Waals surface area contributed by atoms with E-state index in [-0.39, 0.29) is 28.6 Å². The lowest BCUT2D eigenvalue weighted by Crippen LogP contribution is -2.12. The van der Waals surface area contributed by atoms with Crippen LogP contribution >= 0.6 is 0 Å². The second-order valence-electron chi connectivity index (χ2n) is 4.62. The first-order chi connectivity index (χ1) is 11.6. The van der Waals surface area contributed by atoms with Crippen LogP contribution in [-0.2, 0) is 0 Å². The number of nitrogens with one attached hydrogen (secondary N) is 1. The number of amides is 1. The molecule has 0 spiro atoms. The van der Waals surface area contributed by atoms with Gasteiger partial charge < -0.3 is 19.6 Å². The van der Waals surface area contributed by atoms with Crippen molar-refractivity contribution in [1.29, 1.82) is 0 Å². The number of carbonyl (C=O) groups excluding carboxylic acids is 2. The molecule has 0 aliphatic carbocycles. The molecule has 122 valence electrons. The topological polar surface area (TPSA) is 133 Å². The third kappa shape index (κ3) is 2.82. The molecule has 3 N–H and O–H groups in total. The molecule has 1 aromatic carbocycles. The van der Waals surface area contributed by atoms with Crippen molar-refractivity contribution in [3.63, 3.8) is 0 Å². The Labute approximate surface area is 135 Å². The Hall–Kier alpha value is -3.62. The summed E-state index contributed by atoms with van der Waals surface area (Å²) < 4.78 is 15.4. The zero-order valence-corrected chi connectivity index (χ0v) is 12.5. The van der Waals surface area contributed by atoms with E-state index in [2.05, 4.69) is 15.4 Å². The van der Waals surface area contributed by atoms with Gasteiger partial charge in [0.25, 0.3) is 5.91 Å². The van der Waals surface area contributed by atoms with E-state index >= 15 is 0 Å². The molecule has 0 aliphatic heterocycles. The molecule has 1 amide bonds. The Morgan fingerprint density at radius 3 is 2.71 bits per heavy atom. The highest BCUT2D eigenvalue weighted by atomic mass is 16.6. The molecule has 3 aromatic rings. The Balaban J connectivity index is 1.92. The predicted molar refractivity (Wildman–Crippen MR) is 80.6 cm³/mol. The second kappa shape index (κ2) is 6.24. The number of hydrogen-bond acceptors (Lipinski definition) is 7. The van der Waals surface area contributed by atoms with E-state index in [1.54, 1.807) is 18.2 Å². The number of aromatic amines is 1. The number of methoxy groups -OCH3 is 1. The first-order valence-corrected chi connectivity index (χ1v) is 6.75. The van der Waals surface area contributed by atoms with Gasteiger partial charge in [0.2, 0.25) is 5.76 Å². The van der Waals surface area contributed by atoms with Crippen LogP contribution in [0.15, 0.2) is 41.0 Å². The second-order valence-corrected chi connectivity index (χ2v) is 4.62. The van der Waals surface area contributed by atoms with Crippen molar-refractivity contribution in [2.24, 2.45) is 5.73 Å². The van der Waals surface area contributed by atoms with Crippen LogP contribution in [0.4, 0.5) is 0 Å². The summed E-state index contributed by atoms with van der Waals surface area (Å²) in [7, 11) is 1.42. The molecule has 2 aromatic heterocycles. The number of nitrogens with zero attached hydrogens (tertiary/aromatic N) is 2. The summed E-state index contributed by atoms with van der Waals surface area (Å²) in [6.07, 6.45) is 1.37. The predicted octanol–water partition coefficient (Wildman–Crippen LogP) is 1.39. The van der Waals surface area contributed by atoms with Gasteiger partial charge in [0.1, 0.15) is 5.69 Å². The van der Waals surface area contributed by atoms with Crippen molar-refractivity contribution in [2.75, 3.05) is 7.11 Å². The minimum absolute atomic E-state index is 0.00242. The first-order valence-electron chi connectivity index (χ1n) is 6.75. The number of furan rings is 1. The molecular weight excluding hydrogens is 316 g/mol. The van der Waals surface area contributed by atoms with Gasteiger partial charge in [0.05, 0.1) is 13.4 Å². The monoisotopic (exact) mass is 328 g/mol. The van der Waals surface area contributed by atoms with Gasteiger partial charge in [-0.25, -0.2) is 4.79 Å². The fourth-order valence-corrected chi connectivity index (χ4v) is 2.05. The van der Waals surface area contributed by atoms with Crippen LogP contribution in [0.3, 0.4) is 0 Å². The highest BCUT2D eigenvalue weighted by Crippen LogP contribution is 2.33. The maximum absolute atomic E-state index is 11.9. The number of nitrogens with two attached hydrogens (primary N) is 1. The molecule has 24 heavy (non-hydrogen) atoms. The third-order valence-electron chi connectivity index (χ3n) is 3.14. The van der Waals surface area contributed by atoms with Gasteiger partial charge in [-0.1, -0.05) is 0 Å². The highest BCUT2D eigenvalue weighted by Gasteiger charge is 2.19. The number of aromatic nitrogens is 3. The molecule has 0 atom stereocenters. The largest absolute Gasteiger partial charge is 0.493 e. The van der Waals surface area contributed by atoms with Gasteiger partial charge in [-0.2, -0.15) is 15.4 Å². The number of carbonyl (C=O) groups is 2. The van der Waals surface area contributed by atoms with Crippen molar-refractivity contribution in [1.82, 2.24) is 15.4 Å². The van der Waals surface area contributed by atoms with Crippen LogP contribution in [0, 0.1) is 0 Å². The molecule has 0 saturated carbocycles. The zero-order chi connectivity index (χ0) is 17.1. The summed E-state index contributed by atoms with van der Waals surface area (Å²) >= 11 is 0. The summed E-state index contributed by atoms with van der Waals surface area (Å²) in [4.78, 5) is 23.3. The van der Waals surface area contributed by atoms with Crippen molar-refractivity contribution in [3.8, 4) is 22.8 Å². The average molecular weight is 328 g/mol. The smallest absolute Gasteiger partial charge is 0.379 e. The van der Waals surface area contributed by atoms with Gasteiger partial charge in [0, 0.05) is 5.56 Å². The zero-order valence-electron chi connectivity index (χ0n) is 12.5. The SMILES string of the molecule is COc1cc(-c2n[nH]nc2C(N)=O)ccc1OC(=O)c1ccco1. The standard InChI is InChI=1S/C15H12N4O5/c1-22-11-7-8(12-13(14(16)20)18-19-17-12)4-5-9(11)24-15(21)10-3-2-6-23-10/h2-7H,1H3,(H2,16,20)(H,17,18,19). The Kier molecular flexibility index (Phi) is 3.98. The molecule has 0 aliphatic rings. The van der Waals surface area contributed by atoms with Crippen molar-refractivity contribution < 1.29 is 23.5 Å². The minimum Gasteiger partial charge on any atom is -0.493 e. The van der Waals surface area contributed by atoms with E-state index in [1.807, 2.05) is 0 Å².